The molecule has 0 radical (unpaired) electrons. The number of ether oxygens (including phenoxy) is 3. The molecule has 10 heteroatoms. The van der Waals surface area contributed by atoms with Crippen LogP contribution < -0.4 is 0 Å². The number of hydrogen-bond acceptors (Lipinski definition) is 7. The molecule has 0 aliphatic carbocycles. The molecule has 204 valence electrons. The van der Waals surface area contributed by atoms with E-state index in [2.05, 4.69) is 0 Å². The molecule has 2 N–H and O–H groups in total. The zero-order valence-electron chi connectivity index (χ0n) is 21.8. The van der Waals surface area contributed by atoms with Crippen LogP contribution in [0.3, 0.4) is 0 Å². The molecule has 1 aromatic rings. The second kappa shape index (κ2) is 15.2. The monoisotopic (exact) mass is 512 g/mol. The number of methoxy groups -OCH3 is 2. The van der Waals surface area contributed by atoms with E-state index >= 15 is 0 Å². The molecule has 1 aromatic carbocycles. The molecule has 1 heterocycles. The maximum atomic E-state index is 14.6. The Balaban J connectivity index is 2.47. The summed E-state index contributed by atoms with van der Waals surface area (Å²) in [5, 5.41) is 21.1. The predicted octanol–water partition coefficient (Wildman–Crippen LogP) is 1.70. The maximum absolute atomic E-state index is 14.6. The van der Waals surface area contributed by atoms with E-state index in [4.69, 9.17) is 14.2 Å². The first-order chi connectivity index (χ1) is 17.2. The van der Waals surface area contributed by atoms with E-state index in [0.29, 0.717) is 32.4 Å². The lowest BCUT2D eigenvalue weighted by Crippen LogP contribution is -2.54. The Morgan fingerprint density at radius 2 is 1.89 bits per heavy atom. The van der Waals surface area contributed by atoms with Crippen molar-refractivity contribution in [2.24, 2.45) is 5.92 Å². The fourth-order valence-corrected chi connectivity index (χ4v) is 4.41. The molecular weight excluding hydrogens is 471 g/mol. The van der Waals surface area contributed by atoms with Crippen LogP contribution >= 0.6 is 0 Å². The van der Waals surface area contributed by atoms with Gasteiger partial charge < -0.3 is 34.2 Å². The molecule has 1 aliphatic heterocycles. The first-order valence-corrected chi connectivity index (χ1v) is 12.5. The minimum absolute atomic E-state index is 0.0216. The average Bonchev–Trinajstić information content (AvgIpc) is 2.84. The molecule has 0 spiro atoms. The number of halogens is 1. The van der Waals surface area contributed by atoms with Crippen molar-refractivity contribution in [2.45, 2.75) is 57.5 Å². The van der Waals surface area contributed by atoms with Crippen LogP contribution in [0.5, 0.6) is 0 Å². The first kappa shape index (κ1) is 30.1. The van der Waals surface area contributed by atoms with Crippen LogP contribution in [0.2, 0.25) is 0 Å². The van der Waals surface area contributed by atoms with Crippen LogP contribution in [0.4, 0.5) is 4.39 Å². The molecule has 2 rings (SSSR count). The Morgan fingerprint density at radius 1 is 1.17 bits per heavy atom. The largest absolute Gasteiger partial charge is 0.388 e. The number of aliphatic hydroxyl groups is 2. The number of benzene rings is 1. The molecule has 0 aromatic heterocycles. The summed E-state index contributed by atoms with van der Waals surface area (Å²) in [6.07, 6.45) is -1.64. The molecule has 2 amide bonds. The topological polar surface area (TPSA) is 109 Å². The van der Waals surface area contributed by atoms with Gasteiger partial charge in [0.05, 0.1) is 12.2 Å². The Labute approximate surface area is 213 Å². The number of carbonyl (C=O) groups is 2. The van der Waals surface area contributed by atoms with Crippen LogP contribution in [-0.2, 0) is 19.0 Å². The van der Waals surface area contributed by atoms with Crippen molar-refractivity contribution < 1.29 is 38.4 Å². The normalized spacial score (nSPS) is 25.0. The van der Waals surface area contributed by atoms with Gasteiger partial charge in [-0.15, -0.1) is 0 Å². The van der Waals surface area contributed by atoms with Gasteiger partial charge in [-0.1, -0.05) is 26.0 Å². The standard InChI is InChI=1S/C26H41FN2O7/c1-18(2)13-19-14-28(24(31)17-34-3)15-23(35-4)25(32)22(30)16-36-12-8-7-11-29(19)26(33)20-9-5-6-10-21(20)27/h5-6,9-10,18-19,22-23,25,30,32H,7-8,11-17H2,1-4H3/t19-,22+,23+,25+/m0/s1. The summed E-state index contributed by atoms with van der Waals surface area (Å²) in [6, 6.07) is 5.45. The van der Waals surface area contributed by atoms with Crippen LogP contribution in [0.1, 0.15) is 43.5 Å². The molecule has 36 heavy (non-hydrogen) atoms. The summed E-state index contributed by atoms with van der Waals surface area (Å²) >= 11 is 0. The van der Waals surface area contributed by atoms with Crippen LogP contribution in [0, 0.1) is 11.7 Å². The van der Waals surface area contributed by atoms with E-state index in [1.165, 1.54) is 37.3 Å². The zero-order valence-corrected chi connectivity index (χ0v) is 21.8. The summed E-state index contributed by atoms with van der Waals surface area (Å²) in [5.41, 5.74) is -0.0216. The van der Waals surface area contributed by atoms with Crippen LogP contribution in [-0.4, -0.2) is 110 Å². The zero-order chi connectivity index (χ0) is 26.7. The van der Waals surface area contributed by atoms with Gasteiger partial charge in [0.25, 0.3) is 5.91 Å². The summed E-state index contributed by atoms with van der Waals surface area (Å²) < 4.78 is 30.6. The lowest BCUT2D eigenvalue weighted by atomic mass is 9.99. The van der Waals surface area contributed by atoms with Crippen molar-refractivity contribution in [3.63, 3.8) is 0 Å². The predicted molar refractivity (Wildman–Crippen MR) is 132 cm³/mol. The highest BCUT2D eigenvalue weighted by Gasteiger charge is 2.34. The van der Waals surface area contributed by atoms with Crippen molar-refractivity contribution in [1.82, 2.24) is 9.80 Å². The van der Waals surface area contributed by atoms with E-state index in [0.717, 1.165) is 0 Å². The number of aliphatic hydroxyl groups excluding tert-OH is 2. The van der Waals surface area contributed by atoms with E-state index in [9.17, 15) is 24.2 Å². The molecule has 1 saturated heterocycles. The Bertz CT molecular complexity index is 825. The molecular formula is C26H41FN2O7. The molecule has 1 aliphatic rings. The number of hydrogen-bond donors (Lipinski definition) is 2. The number of carbonyl (C=O) groups excluding carboxylic acids is 2. The van der Waals surface area contributed by atoms with Gasteiger partial charge in [0.1, 0.15) is 30.7 Å². The number of amides is 2. The van der Waals surface area contributed by atoms with Crippen molar-refractivity contribution in [2.75, 3.05) is 53.7 Å². The molecule has 1 fully saturated rings. The van der Waals surface area contributed by atoms with E-state index < -0.39 is 36.1 Å². The average molecular weight is 513 g/mol. The molecule has 0 saturated carbocycles. The minimum atomic E-state index is -1.30. The van der Waals surface area contributed by atoms with Gasteiger partial charge in [-0.3, -0.25) is 9.59 Å². The quantitative estimate of drug-likeness (QED) is 0.597. The summed E-state index contributed by atoms with van der Waals surface area (Å²) in [7, 11) is 2.80. The van der Waals surface area contributed by atoms with Gasteiger partial charge in [0.2, 0.25) is 5.91 Å². The third-order valence-electron chi connectivity index (χ3n) is 6.31. The van der Waals surface area contributed by atoms with Gasteiger partial charge in [0, 0.05) is 46.5 Å². The molecule has 0 bridgehead atoms. The van der Waals surface area contributed by atoms with Gasteiger partial charge in [-0.05, 0) is 37.3 Å². The molecule has 0 unspecified atom stereocenters. The third-order valence-corrected chi connectivity index (χ3v) is 6.31. The van der Waals surface area contributed by atoms with Crippen molar-refractivity contribution in [1.29, 1.82) is 0 Å². The molecule has 4 atom stereocenters. The van der Waals surface area contributed by atoms with Gasteiger partial charge in [0.15, 0.2) is 0 Å². The van der Waals surface area contributed by atoms with E-state index in [1.54, 1.807) is 11.0 Å². The lowest BCUT2D eigenvalue weighted by molar-refractivity contribution is -0.143. The summed E-state index contributed by atoms with van der Waals surface area (Å²) in [5.74, 6) is -1.21. The fraction of sp³-hybridized carbons (Fsp3) is 0.692. The third kappa shape index (κ3) is 8.77. The Hall–Kier alpha value is -2.11. The van der Waals surface area contributed by atoms with Gasteiger partial charge in [-0.25, -0.2) is 4.39 Å². The smallest absolute Gasteiger partial charge is 0.257 e. The minimum Gasteiger partial charge on any atom is -0.388 e. The molecule has 9 nitrogen and oxygen atoms in total. The Kier molecular flexibility index (Phi) is 12.7. The van der Waals surface area contributed by atoms with Gasteiger partial charge in [-0.2, -0.15) is 0 Å². The fourth-order valence-electron chi connectivity index (χ4n) is 4.41. The lowest BCUT2D eigenvalue weighted by Gasteiger charge is -2.39. The SMILES string of the molecule is COCC(=O)N1C[C@H](CC(C)C)N(C(=O)c2ccccc2F)CCCCOC[C@@H](O)[C@@H](O)[C@H](OC)C1. The second-order valence-corrected chi connectivity index (χ2v) is 9.61. The highest BCUT2D eigenvalue weighted by atomic mass is 19.1. The van der Waals surface area contributed by atoms with E-state index in [1.807, 2.05) is 13.8 Å². The summed E-state index contributed by atoms with van der Waals surface area (Å²) in [4.78, 5) is 29.8. The van der Waals surface area contributed by atoms with Gasteiger partial charge >= 0.3 is 0 Å². The number of rotatable bonds is 6. The summed E-state index contributed by atoms with van der Waals surface area (Å²) in [6.45, 7) is 4.52. The van der Waals surface area contributed by atoms with Crippen molar-refractivity contribution in [3.05, 3.63) is 35.6 Å². The van der Waals surface area contributed by atoms with Crippen LogP contribution in [0.25, 0.3) is 0 Å². The van der Waals surface area contributed by atoms with E-state index in [-0.39, 0.29) is 43.7 Å². The highest BCUT2D eigenvalue weighted by molar-refractivity contribution is 5.94. The maximum Gasteiger partial charge on any atom is 0.257 e. The Morgan fingerprint density at radius 3 is 2.53 bits per heavy atom. The first-order valence-electron chi connectivity index (χ1n) is 12.5. The van der Waals surface area contributed by atoms with Crippen molar-refractivity contribution in [3.8, 4) is 0 Å². The highest BCUT2D eigenvalue weighted by Crippen LogP contribution is 2.21. The van der Waals surface area contributed by atoms with Crippen molar-refractivity contribution >= 4 is 11.8 Å². The number of nitrogens with zero attached hydrogens (tertiary/aromatic N) is 2. The second-order valence-electron chi connectivity index (χ2n) is 9.61. The van der Waals surface area contributed by atoms with Crippen LogP contribution in [0.15, 0.2) is 24.3 Å².